The van der Waals surface area contributed by atoms with Gasteiger partial charge in [-0.1, -0.05) is 11.6 Å². The number of fused-ring (bicyclic) bond motifs is 1. The van der Waals surface area contributed by atoms with Crippen molar-refractivity contribution in [3.63, 3.8) is 0 Å². The molecule has 0 bridgehead atoms. The van der Waals surface area contributed by atoms with Gasteiger partial charge in [0.1, 0.15) is 5.82 Å². The van der Waals surface area contributed by atoms with Gasteiger partial charge < -0.3 is 16.0 Å². The van der Waals surface area contributed by atoms with E-state index in [2.05, 4.69) is 25.9 Å². The van der Waals surface area contributed by atoms with Crippen LogP contribution in [0.1, 0.15) is 35.2 Å². The molecule has 0 aliphatic carbocycles. The molecule has 0 saturated carbocycles. The van der Waals surface area contributed by atoms with Gasteiger partial charge in [0.25, 0.3) is 5.56 Å². The van der Waals surface area contributed by atoms with Crippen molar-refractivity contribution in [2.75, 3.05) is 16.0 Å². The number of halogens is 1. The van der Waals surface area contributed by atoms with Gasteiger partial charge in [0.15, 0.2) is 5.78 Å². The Kier molecular flexibility index (Phi) is 5.74. The van der Waals surface area contributed by atoms with Crippen LogP contribution in [0, 0.1) is 0 Å². The molecule has 4 N–H and O–H groups in total. The van der Waals surface area contributed by atoms with Crippen LogP contribution >= 0.6 is 11.6 Å². The Labute approximate surface area is 187 Å². The zero-order chi connectivity index (χ0) is 22.8. The van der Waals surface area contributed by atoms with E-state index in [1.165, 1.54) is 6.92 Å². The molecule has 2 heterocycles. The third-order valence-electron chi connectivity index (χ3n) is 4.93. The number of hydrogen-bond acceptors (Lipinski definition) is 6. The summed E-state index contributed by atoms with van der Waals surface area (Å²) in [6.45, 7) is 1.44. The monoisotopic (exact) mass is 451 g/mol. The zero-order valence-corrected chi connectivity index (χ0v) is 17.6. The van der Waals surface area contributed by atoms with Crippen LogP contribution in [0.4, 0.5) is 23.1 Å². The fourth-order valence-corrected chi connectivity index (χ4v) is 3.47. The second-order valence-electron chi connectivity index (χ2n) is 7.24. The second-order valence-corrected chi connectivity index (χ2v) is 7.67. The first-order valence-corrected chi connectivity index (χ1v) is 10.1. The highest BCUT2D eigenvalue weighted by atomic mass is 35.5. The van der Waals surface area contributed by atoms with Gasteiger partial charge >= 0.3 is 0 Å². The van der Waals surface area contributed by atoms with Crippen molar-refractivity contribution in [2.24, 2.45) is 0 Å². The maximum atomic E-state index is 12.9. The summed E-state index contributed by atoms with van der Waals surface area (Å²) in [7, 11) is 0. The van der Waals surface area contributed by atoms with Crippen LogP contribution in [0.3, 0.4) is 0 Å². The minimum absolute atomic E-state index is 0.0218. The number of benzene rings is 2. The average Bonchev–Trinajstić information content (AvgIpc) is 2.75. The molecule has 9 nitrogen and oxygen atoms in total. The predicted octanol–water partition coefficient (Wildman–Crippen LogP) is 3.43. The number of aromatic amines is 1. The van der Waals surface area contributed by atoms with E-state index in [0.717, 1.165) is 0 Å². The molecule has 32 heavy (non-hydrogen) atoms. The molecule has 0 radical (unpaired) electrons. The van der Waals surface area contributed by atoms with Crippen molar-refractivity contribution >= 4 is 52.3 Å². The molecular formula is C22H18ClN5O4. The molecular weight excluding hydrogens is 434 g/mol. The molecule has 1 aromatic heterocycles. The van der Waals surface area contributed by atoms with E-state index in [1.807, 2.05) is 0 Å². The highest BCUT2D eigenvalue weighted by Crippen LogP contribution is 2.30. The highest BCUT2D eigenvalue weighted by Gasteiger charge is 2.34. The number of aromatic nitrogens is 2. The smallest absolute Gasteiger partial charge is 0.258 e. The van der Waals surface area contributed by atoms with E-state index < -0.39 is 23.3 Å². The Balaban J connectivity index is 1.59. The van der Waals surface area contributed by atoms with Gasteiger partial charge in [-0.15, -0.1) is 0 Å². The fraction of sp³-hybridized carbons (Fsp3) is 0.136. The quantitative estimate of drug-likeness (QED) is 0.439. The number of H-pyrrole nitrogens is 1. The normalized spacial score (nSPS) is 14.8. The van der Waals surface area contributed by atoms with Gasteiger partial charge in [-0.2, -0.15) is 4.98 Å². The number of Topliss-reactive ketones (excluding diaryl/α,β-unsaturated/α-hetero) is 1. The van der Waals surface area contributed by atoms with E-state index in [4.69, 9.17) is 11.6 Å². The van der Waals surface area contributed by atoms with Crippen LogP contribution in [0.5, 0.6) is 0 Å². The average molecular weight is 452 g/mol. The summed E-state index contributed by atoms with van der Waals surface area (Å²) >= 11 is 5.87. The summed E-state index contributed by atoms with van der Waals surface area (Å²) in [6.07, 6.45) is -0.195. The number of ketones is 1. The van der Waals surface area contributed by atoms with Crippen LogP contribution in [-0.4, -0.2) is 27.6 Å². The van der Waals surface area contributed by atoms with Gasteiger partial charge in [-0.25, -0.2) is 0 Å². The molecule has 1 unspecified atom stereocenters. The van der Waals surface area contributed by atoms with E-state index >= 15 is 0 Å². The number of nitrogens with one attached hydrogen (secondary N) is 4. The van der Waals surface area contributed by atoms with Crippen LogP contribution < -0.4 is 21.5 Å². The Morgan fingerprint density at radius 2 is 1.69 bits per heavy atom. The third kappa shape index (κ3) is 4.52. The van der Waals surface area contributed by atoms with E-state index in [-0.39, 0.29) is 29.5 Å². The van der Waals surface area contributed by atoms with Crippen molar-refractivity contribution in [1.29, 1.82) is 0 Å². The van der Waals surface area contributed by atoms with Gasteiger partial charge in [0, 0.05) is 28.4 Å². The van der Waals surface area contributed by atoms with Crippen LogP contribution in [0.25, 0.3) is 0 Å². The number of carbonyl (C=O) groups excluding carboxylic acids is 3. The fourth-order valence-electron chi connectivity index (χ4n) is 3.34. The molecule has 2 amide bonds. The number of carbonyl (C=O) groups is 3. The summed E-state index contributed by atoms with van der Waals surface area (Å²) in [5, 5.41) is 8.73. The van der Waals surface area contributed by atoms with Crippen LogP contribution in [0.15, 0.2) is 53.3 Å². The molecule has 162 valence electrons. The zero-order valence-electron chi connectivity index (χ0n) is 16.9. The summed E-state index contributed by atoms with van der Waals surface area (Å²) in [5.74, 6) is -1.94. The standard InChI is InChI=1S/C22H18ClN5O4/c1-11(29)12-2-6-14(7-3-12)24-20(31)16-10-17(30)26-19-18(16)21(32)28-22(27-19)25-15-8-4-13(23)5-9-15/h2-9,16H,10H2,1H3,(H,24,31)(H3,25,26,27,28,30,32). The minimum atomic E-state index is -1.02. The maximum Gasteiger partial charge on any atom is 0.258 e. The number of hydrogen-bond donors (Lipinski definition) is 4. The van der Waals surface area contributed by atoms with E-state index in [0.29, 0.717) is 22.0 Å². The highest BCUT2D eigenvalue weighted by molar-refractivity contribution is 6.30. The third-order valence-corrected chi connectivity index (χ3v) is 5.19. The first kappa shape index (κ1) is 21.3. The van der Waals surface area contributed by atoms with Crippen molar-refractivity contribution in [3.05, 3.63) is 75.0 Å². The molecule has 3 aromatic rings. The topological polar surface area (TPSA) is 133 Å². The van der Waals surface area contributed by atoms with Crippen LogP contribution in [0.2, 0.25) is 5.02 Å². The number of nitrogens with zero attached hydrogens (tertiary/aromatic N) is 1. The lowest BCUT2D eigenvalue weighted by atomic mass is 9.92. The van der Waals surface area contributed by atoms with Gasteiger partial charge in [0.05, 0.1) is 11.5 Å². The second kappa shape index (κ2) is 8.64. The van der Waals surface area contributed by atoms with Crippen molar-refractivity contribution in [1.82, 2.24) is 9.97 Å². The molecule has 1 aliphatic heterocycles. The van der Waals surface area contributed by atoms with Gasteiger partial charge in [-0.05, 0) is 55.5 Å². The Morgan fingerprint density at radius 1 is 1.03 bits per heavy atom. The lowest BCUT2D eigenvalue weighted by Gasteiger charge is -2.23. The SMILES string of the molecule is CC(=O)c1ccc(NC(=O)C2CC(=O)Nc3nc(Nc4ccc(Cl)cc4)[nH]c(=O)c32)cc1. The Hall–Kier alpha value is -3.98. The molecule has 0 saturated heterocycles. The largest absolute Gasteiger partial charge is 0.326 e. The lowest BCUT2D eigenvalue weighted by Crippen LogP contribution is -2.36. The first-order valence-electron chi connectivity index (χ1n) is 9.68. The molecule has 0 spiro atoms. The molecule has 0 fully saturated rings. The minimum Gasteiger partial charge on any atom is -0.326 e. The van der Waals surface area contributed by atoms with Crippen molar-refractivity contribution < 1.29 is 14.4 Å². The maximum absolute atomic E-state index is 12.9. The van der Waals surface area contributed by atoms with Crippen LogP contribution in [-0.2, 0) is 9.59 Å². The first-order chi connectivity index (χ1) is 15.3. The molecule has 1 atom stereocenters. The van der Waals surface area contributed by atoms with Crippen molar-refractivity contribution in [2.45, 2.75) is 19.3 Å². The van der Waals surface area contributed by atoms with E-state index in [1.54, 1.807) is 48.5 Å². The van der Waals surface area contributed by atoms with Gasteiger partial charge in [0.2, 0.25) is 17.8 Å². The molecule has 4 rings (SSSR count). The summed E-state index contributed by atoms with van der Waals surface area (Å²) in [6, 6.07) is 13.1. The summed E-state index contributed by atoms with van der Waals surface area (Å²) in [5.41, 5.74) is 1.11. The lowest BCUT2D eigenvalue weighted by molar-refractivity contribution is -0.123. The number of anilines is 4. The molecule has 10 heteroatoms. The van der Waals surface area contributed by atoms with Crippen molar-refractivity contribution in [3.8, 4) is 0 Å². The molecule has 2 aromatic carbocycles. The number of rotatable bonds is 5. The van der Waals surface area contributed by atoms with E-state index in [9.17, 15) is 19.2 Å². The Morgan fingerprint density at radius 3 is 2.34 bits per heavy atom. The molecule has 1 aliphatic rings. The predicted molar refractivity (Wildman–Crippen MR) is 121 cm³/mol. The van der Waals surface area contributed by atoms with Gasteiger partial charge in [-0.3, -0.25) is 24.2 Å². The Bertz CT molecular complexity index is 1270. The number of amides is 2. The summed E-state index contributed by atoms with van der Waals surface area (Å²) < 4.78 is 0. The summed E-state index contributed by atoms with van der Waals surface area (Å²) in [4.78, 5) is 56.2.